The van der Waals surface area contributed by atoms with Gasteiger partial charge in [-0.3, -0.25) is 9.69 Å². The fourth-order valence-electron chi connectivity index (χ4n) is 3.52. The highest BCUT2D eigenvalue weighted by molar-refractivity contribution is 5.92. The molecule has 0 saturated heterocycles. The molecule has 0 atom stereocenters. The number of carboxylic acids is 1. The molecule has 0 spiro atoms. The first-order valence-corrected chi connectivity index (χ1v) is 11.3. The van der Waals surface area contributed by atoms with Gasteiger partial charge in [0.15, 0.2) is 0 Å². The Hall–Kier alpha value is -3.75. The molecule has 0 aliphatic rings. The van der Waals surface area contributed by atoms with Gasteiger partial charge in [0.25, 0.3) is 0 Å². The van der Waals surface area contributed by atoms with Crippen LogP contribution >= 0.6 is 0 Å². The van der Waals surface area contributed by atoms with Gasteiger partial charge in [-0.25, -0.2) is 9.18 Å². The van der Waals surface area contributed by atoms with Crippen LogP contribution in [0.1, 0.15) is 22.3 Å². The highest BCUT2D eigenvalue weighted by Crippen LogP contribution is 2.23. The summed E-state index contributed by atoms with van der Waals surface area (Å²) in [6, 6.07) is 19.7. The SMILES string of the molecule is CN(CCCN(C)Cc1ccc(C(=O)O)cc1)CC(=O)Nc1ccc(Oc2ccc(F)cc2)cc1. The maximum absolute atomic E-state index is 13.0. The zero-order valence-corrected chi connectivity index (χ0v) is 19.9. The van der Waals surface area contributed by atoms with Crippen molar-refractivity contribution in [3.63, 3.8) is 0 Å². The smallest absolute Gasteiger partial charge is 0.335 e. The van der Waals surface area contributed by atoms with Gasteiger partial charge in [0.2, 0.25) is 5.91 Å². The van der Waals surface area contributed by atoms with Crippen molar-refractivity contribution < 1.29 is 23.8 Å². The van der Waals surface area contributed by atoms with Gasteiger partial charge in [-0.2, -0.15) is 0 Å². The number of hydrogen-bond donors (Lipinski definition) is 2. The average molecular weight is 480 g/mol. The number of likely N-dealkylation sites (N-methyl/N-ethyl adjacent to an activating group) is 1. The van der Waals surface area contributed by atoms with Crippen LogP contribution in [0.25, 0.3) is 0 Å². The molecule has 1 amide bonds. The fraction of sp³-hybridized carbons (Fsp3) is 0.259. The van der Waals surface area contributed by atoms with Crippen LogP contribution in [0.2, 0.25) is 0 Å². The van der Waals surface area contributed by atoms with Crippen LogP contribution in [0.4, 0.5) is 10.1 Å². The van der Waals surface area contributed by atoms with Crippen molar-refractivity contribution >= 4 is 17.6 Å². The zero-order valence-electron chi connectivity index (χ0n) is 19.9. The molecule has 0 aliphatic carbocycles. The highest BCUT2D eigenvalue weighted by atomic mass is 19.1. The normalized spacial score (nSPS) is 11.0. The molecule has 0 heterocycles. The van der Waals surface area contributed by atoms with E-state index in [9.17, 15) is 14.0 Å². The van der Waals surface area contributed by atoms with E-state index in [2.05, 4.69) is 10.2 Å². The Morgan fingerprint density at radius 1 is 0.857 bits per heavy atom. The average Bonchev–Trinajstić information content (AvgIpc) is 2.82. The number of halogens is 1. The number of aromatic carboxylic acids is 1. The van der Waals surface area contributed by atoms with Gasteiger partial charge in [0.1, 0.15) is 17.3 Å². The van der Waals surface area contributed by atoms with E-state index < -0.39 is 5.97 Å². The Kier molecular flexibility index (Phi) is 9.34. The van der Waals surface area contributed by atoms with Gasteiger partial charge in [-0.15, -0.1) is 0 Å². The molecule has 184 valence electrons. The van der Waals surface area contributed by atoms with Crippen molar-refractivity contribution in [2.45, 2.75) is 13.0 Å². The predicted molar refractivity (Wildman–Crippen MR) is 133 cm³/mol. The maximum Gasteiger partial charge on any atom is 0.335 e. The Labute approximate surface area is 204 Å². The molecule has 0 bridgehead atoms. The van der Waals surface area contributed by atoms with E-state index in [1.165, 1.54) is 12.1 Å². The van der Waals surface area contributed by atoms with E-state index in [1.54, 1.807) is 48.5 Å². The van der Waals surface area contributed by atoms with Crippen LogP contribution in [-0.4, -0.2) is 60.5 Å². The molecule has 3 aromatic carbocycles. The number of ether oxygens (including phenoxy) is 1. The first kappa shape index (κ1) is 25.9. The van der Waals surface area contributed by atoms with Gasteiger partial charge < -0.3 is 20.1 Å². The Morgan fingerprint density at radius 3 is 2.03 bits per heavy atom. The number of carboxylic acid groups (broad SMARTS) is 1. The van der Waals surface area contributed by atoms with E-state index >= 15 is 0 Å². The van der Waals surface area contributed by atoms with Crippen molar-refractivity contribution in [2.24, 2.45) is 0 Å². The summed E-state index contributed by atoms with van der Waals surface area (Å²) >= 11 is 0. The topological polar surface area (TPSA) is 82.1 Å². The standard InChI is InChI=1S/C27H30FN3O4/c1-30(18-20-4-6-21(7-5-20)27(33)34)16-3-17-31(2)19-26(32)29-23-10-14-25(15-11-23)35-24-12-8-22(28)9-13-24/h4-15H,3,16-19H2,1-2H3,(H,29,32)(H,33,34). The molecule has 8 heteroatoms. The van der Waals surface area contributed by atoms with Crippen LogP contribution in [0.3, 0.4) is 0 Å². The van der Waals surface area contributed by atoms with Crippen molar-refractivity contribution in [1.29, 1.82) is 0 Å². The van der Waals surface area contributed by atoms with Crippen molar-refractivity contribution in [3.05, 3.63) is 89.7 Å². The molecular formula is C27H30FN3O4. The van der Waals surface area contributed by atoms with Crippen LogP contribution < -0.4 is 10.1 Å². The third kappa shape index (κ3) is 8.84. The van der Waals surface area contributed by atoms with E-state index in [0.29, 0.717) is 17.2 Å². The molecule has 7 nitrogen and oxygen atoms in total. The van der Waals surface area contributed by atoms with E-state index in [4.69, 9.17) is 9.84 Å². The van der Waals surface area contributed by atoms with Gasteiger partial charge in [-0.05, 0) is 99.8 Å². The zero-order chi connectivity index (χ0) is 25.2. The highest BCUT2D eigenvalue weighted by Gasteiger charge is 2.09. The van der Waals surface area contributed by atoms with Gasteiger partial charge >= 0.3 is 5.97 Å². The lowest BCUT2D eigenvalue weighted by Gasteiger charge is -2.20. The molecule has 0 aliphatic heterocycles. The Bertz CT molecular complexity index is 1100. The molecule has 2 N–H and O–H groups in total. The summed E-state index contributed by atoms with van der Waals surface area (Å²) in [5.41, 5.74) is 2.01. The summed E-state index contributed by atoms with van der Waals surface area (Å²) in [6.45, 7) is 2.61. The number of benzene rings is 3. The second kappa shape index (κ2) is 12.6. The van der Waals surface area contributed by atoms with E-state index in [1.807, 2.05) is 31.1 Å². The fourth-order valence-corrected chi connectivity index (χ4v) is 3.52. The Balaban J connectivity index is 1.35. The largest absolute Gasteiger partial charge is 0.478 e. The number of anilines is 1. The first-order chi connectivity index (χ1) is 16.8. The number of amides is 1. The molecule has 3 rings (SSSR count). The minimum Gasteiger partial charge on any atom is -0.478 e. The molecule has 35 heavy (non-hydrogen) atoms. The lowest BCUT2D eigenvalue weighted by Crippen LogP contribution is -2.32. The van der Waals surface area contributed by atoms with Crippen molar-refractivity contribution in [2.75, 3.05) is 39.0 Å². The number of carbonyl (C=O) groups is 2. The number of nitrogens with one attached hydrogen (secondary N) is 1. The second-order valence-electron chi connectivity index (χ2n) is 8.46. The van der Waals surface area contributed by atoms with Crippen LogP contribution in [0.5, 0.6) is 11.5 Å². The first-order valence-electron chi connectivity index (χ1n) is 11.3. The summed E-state index contributed by atoms with van der Waals surface area (Å²) in [6.07, 6.45) is 0.892. The molecule has 0 unspecified atom stereocenters. The summed E-state index contributed by atoms with van der Waals surface area (Å²) in [7, 11) is 3.92. The van der Waals surface area contributed by atoms with Crippen LogP contribution in [0, 0.1) is 5.82 Å². The molecule has 0 saturated carbocycles. The van der Waals surface area contributed by atoms with E-state index in [0.717, 1.165) is 31.6 Å². The summed E-state index contributed by atoms with van der Waals surface area (Å²) in [4.78, 5) is 27.5. The lowest BCUT2D eigenvalue weighted by atomic mass is 10.1. The number of nitrogens with zero attached hydrogens (tertiary/aromatic N) is 2. The monoisotopic (exact) mass is 479 g/mol. The quantitative estimate of drug-likeness (QED) is 0.392. The van der Waals surface area contributed by atoms with Gasteiger partial charge in [0.05, 0.1) is 12.1 Å². The number of carbonyl (C=O) groups excluding carboxylic acids is 1. The number of hydrogen-bond acceptors (Lipinski definition) is 5. The van der Waals surface area contributed by atoms with Crippen LogP contribution in [0.15, 0.2) is 72.8 Å². The summed E-state index contributed by atoms with van der Waals surface area (Å²) in [5, 5.41) is 11.9. The third-order valence-electron chi connectivity index (χ3n) is 5.33. The second-order valence-corrected chi connectivity index (χ2v) is 8.46. The summed E-state index contributed by atoms with van der Waals surface area (Å²) in [5.74, 6) is -0.228. The van der Waals surface area contributed by atoms with E-state index in [-0.39, 0.29) is 23.8 Å². The number of rotatable bonds is 12. The minimum absolute atomic E-state index is 0.105. The van der Waals surface area contributed by atoms with Crippen molar-refractivity contribution in [1.82, 2.24) is 9.80 Å². The van der Waals surface area contributed by atoms with Gasteiger partial charge in [-0.1, -0.05) is 12.1 Å². The predicted octanol–water partition coefficient (Wildman–Crippen LogP) is 4.71. The summed E-state index contributed by atoms with van der Waals surface area (Å²) < 4.78 is 18.6. The van der Waals surface area contributed by atoms with Crippen molar-refractivity contribution in [3.8, 4) is 11.5 Å². The Morgan fingerprint density at radius 2 is 1.43 bits per heavy atom. The molecule has 0 aromatic heterocycles. The van der Waals surface area contributed by atoms with Gasteiger partial charge in [0, 0.05) is 12.2 Å². The van der Waals surface area contributed by atoms with Crippen LogP contribution in [-0.2, 0) is 11.3 Å². The molecule has 3 aromatic rings. The third-order valence-corrected chi connectivity index (χ3v) is 5.33. The maximum atomic E-state index is 13.0. The molecular weight excluding hydrogens is 449 g/mol. The minimum atomic E-state index is -0.926. The molecule has 0 fully saturated rings. The molecule has 0 radical (unpaired) electrons. The lowest BCUT2D eigenvalue weighted by molar-refractivity contribution is -0.117.